The van der Waals surface area contributed by atoms with E-state index in [-0.39, 0.29) is 11.5 Å². The van der Waals surface area contributed by atoms with Gasteiger partial charge >= 0.3 is 0 Å². The summed E-state index contributed by atoms with van der Waals surface area (Å²) in [6, 6.07) is 8.21. The Morgan fingerprint density at radius 1 is 1.26 bits per heavy atom. The molecule has 0 aliphatic rings. The normalized spacial score (nSPS) is 13.7. The zero-order valence-electron chi connectivity index (χ0n) is 14.2. The topological polar surface area (TPSA) is 66.0 Å². The zero-order valence-corrected chi connectivity index (χ0v) is 14.2. The van der Waals surface area contributed by atoms with E-state index in [2.05, 4.69) is 41.4 Å². The van der Waals surface area contributed by atoms with E-state index in [1.54, 1.807) is 0 Å². The summed E-state index contributed by atoms with van der Waals surface area (Å²) < 4.78 is 7.94. The van der Waals surface area contributed by atoms with Crippen LogP contribution in [0.15, 0.2) is 30.6 Å². The number of rotatable bonds is 4. The van der Waals surface area contributed by atoms with E-state index in [0.29, 0.717) is 19.0 Å². The summed E-state index contributed by atoms with van der Waals surface area (Å²) in [6.07, 6.45) is 1.87. The highest BCUT2D eigenvalue weighted by Crippen LogP contribution is 2.36. The summed E-state index contributed by atoms with van der Waals surface area (Å²) in [5.74, 6) is 0.474. The number of nitrogens with two attached hydrogens (primary N) is 1. The first-order valence-electron chi connectivity index (χ1n) is 8.02. The highest BCUT2D eigenvalue weighted by atomic mass is 16.5. The predicted molar refractivity (Wildman–Crippen MR) is 94.4 cm³/mol. The van der Waals surface area contributed by atoms with Gasteiger partial charge in [-0.05, 0) is 18.4 Å². The zero-order chi connectivity index (χ0) is 16.6. The molecule has 0 spiro atoms. The average Bonchev–Trinajstić information content (AvgIpc) is 2.92. The van der Waals surface area contributed by atoms with Crippen LogP contribution in [0.3, 0.4) is 0 Å². The molecular formula is C18H24N4O. The van der Waals surface area contributed by atoms with E-state index < -0.39 is 0 Å². The lowest BCUT2D eigenvalue weighted by Gasteiger charge is -2.32. The van der Waals surface area contributed by atoms with Gasteiger partial charge < -0.3 is 15.0 Å². The molecule has 2 N–H and O–H groups in total. The summed E-state index contributed by atoms with van der Waals surface area (Å²) in [7, 11) is 0. The Morgan fingerprint density at radius 2 is 2.00 bits per heavy atom. The number of anilines is 1. The second-order valence-corrected chi connectivity index (χ2v) is 6.90. The van der Waals surface area contributed by atoms with E-state index in [1.165, 1.54) is 0 Å². The molecule has 1 aromatic carbocycles. The molecule has 2 aromatic heterocycles. The number of hydrogen-bond acceptors (Lipinski definition) is 4. The quantitative estimate of drug-likeness (QED) is 0.796. The minimum atomic E-state index is 0.0297. The number of hydrogen-bond donors (Lipinski definition) is 1. The first-order valence-corrected chi connectivity index (χ1v) is 8.02. The van der Waals surface area contributed by atoms with Crippen LogP contribution in [-0.2, 0) is 4.74 Å². The fourth-order valence-corrected chi connectivity index (χ4v) is 2.98. The minimum absolute atomic E-state index is 0.0297. The number of imidazole rings is 1. The van der Waals surface area contributed by atoms with Crippen molar-refractivity contribution in [1.82, 2.24) is 14.5 Å². The minimum Gasteiger partial charge on any atom is -0.382 e. The standard InChI is InChI=1S/C18H24N4O/c1-5-23-10-14(18(2,3)4)22-11-20-15-16(22)12-8-6-7-9-13(12)21-17(15)19/h6-9,11,14H,5,10H2,1-4H3,(H2,19,21)/t14-/m0/s1. The van der Waals surface area contributed by atoms with Crippen LogP contribution in [0.25, 0.3) is 21.9 Å². The van der Waals surface area contributed by atoms with Gasteiger partial charge in [-0.2, -0.15) is 0 Å². The average molecular weight is 312 g/mol. The number of nitrogen functional groups attached to an aromatic ring is 1. The number of benzene rings is 1. The molecule has 5 heteroatoms. The number of ether oxygens (including phenoxy) is 1. The Kier molecular flexibility index (Phi) is 3.98. The van der Waals surface area contributed by atoms with Crippen LogP contribution < -0.4 is 5.73 Å². The Bertz CT molecular complexity index is 832. The van der Waals surface area contributed by atoms with Gasteiger partial charge in [0.2, 0.25) is 0 Å². The number of para-hydroxylation sites is 1. The third kappa shape index (κ3) is 2.77. The summed E-state index contributed by atoms with van der Waals surface area (Å²) in [6.45, 7) is 10.0. The molecule has 0 aliphatic heterocycles. The summed E-state index contributed by atoms with van der Waals surface area (Å²) in [5.41, 5.74) is 8.84. The molecule has 2 heterocycles. The molecule has 3 rings (SSSR count). The van der Waals surface area contributed by atoms with E-state index in [9.17, 15) is 0 Å². The molecular weight excluding hydrogens is 288 g/mol. The van der Waals surface area contributed by atoms with Gasteiger partial charge in [0.15, 0.2) is 5.82 Å². The molecule has 0 saturated heterocycles. The Morgan fingerprint density at radius 3 is 2.70 bits per heavy atom. The second kappa shape index (κ2) is 5.81. The first-order chi connectivity index (χ1) is 10.9. The van der Waals surface area contributed by atoms with Gasteiger partial charge in [0, 0.05) is 12.0 Å². The van der Waals surface area contributed by atoms with Crippen molar-refractivity contribution in [2.24, 2.45) is 5.41 Å². The van der Waals surface area contributed by atoms with Crippen molar-refractivity contribution >= 4 is 27.8 Å². The van der Waals surface area contributed by atoms with Crippen LogP contribution in [0, 0.1) is 5.41 Å². The molecule has 0 aliphatic carbocycles. The number of pyridine rings is 1. The van der Waals surface area contributed by atoms with Crippen molar-refractivity contribution in [3.8, 4) is 0 Å². The van der Waals surface area contributed by atoms with Crippen molar-refractivity contribution in [3.05, 3.63) is 30.6 Å². The van der Waals surface area contributed by atoms with E-state index in [1.807, 2.05) is 31.5 Å². The fraction of sp³-hybridized carbons (Fsp3) is 0.444. The largest absolute Gasteiger partial charge is 0.382 e. The van der Waals surface area contributed by atoms with Crippen molar-refractivity contribution in [2.45, 2.75) is 33.7 Å². The Labute approximate surface area is 136 Å². The van der Waals surface area contributed by atoms with Gasteiger partial charge in [0.25, 0.3) is 0 Å². The molecule has 0 bridgehead atoms. The van der Waals surface area contributed by atoms with Crippen LogP contribution in [0.1, 0.15) is 33.7 Å². The maximum Gasteiger partial charge on any atom is 0.152 e. The van der Waals surface area contributed by atoms with Crippen molar-refractivity contribution in [2.75, 3.05) is 18.9 Å². The van der Waals surface area contributed by atoms with Crippen LogP contribution >= 0.6 is 0 Å². The Balaban J connectivity index is 2.28. The number of fused-ring (bicyclic) bond motifs is 3. The molecule has 1 atom stereocenters. The van der Waals surface area contributed by atoms with Crippen molar-refractivity contribution in [1.29, 1.82) is 0 Å². The highest BCUT2D eigenvalue weighted by Gasteiger charge is 2.28. The van der Waals surface area contributed by atoms with Gasteiger partial charge in [-0.15, -0.1) is 0 Å². The number of nitrogens with zero attached hydrogens (tertiary/aromatic N) is 3. The van der Waals surface area contributed by atoms with Gasteiger partial charge in [-0.3, -0.25) is 0 Å². The lowest BCUT2D eigenvalue weighted by atomic mass is 9.87. The van der Waals surface area contributed by atoms with Crippen LogP contribution in [0.4, 0.5) is 5.82 Å². The van der Waals surface area contributed by atoms with E-state index in [4.69, 9.17) is 10.5 Å². The summed E-state index contributed by atoms with van der Waals surface area (Å²) in [5, 5.41) is 1.07. The summed E-state index contributed by atoms with van der Waals surface area (Å²) in [4.78, 5) is 9.00. The molecule has 0 radical (unpaired) electrons. The molecule has 0 fully saturated rings. The van der Waals surface area contributed by atoms with Gasteiger partial charge in [0.05, 0.1) is 30.0 Å². The lowest BCUT2D eigenvalue weighted by Crippen LogP contribution is -2.28. The highest BCUT2D eigenvalue weighted by molar-refractivity contribution is 6.06. The molecule has 0 saturated carbocycles. The SMILES string of the molecule is CCOC[C@H](n1cnc2c(N)nc3ccccc3c21)C(C)(C)C. The molecule has 3 aromatic rings. The van der Waals surface area contributed by atoms with Gasteiger partial charge in [-0.1, -0.05) is 39.0 Å². The molecule has 0 unspecified atom stereocenters. The molecule has 122 valence electrons. The van der Waals surface area contributed by atoms with E-state index >= 15 is 0 Å². The third-order valence-corrected chi connectivity index (χ3v) is 4.25. The number of aromatic nitrogens is 3. The molecule has 0 amide bonds. The monoisotopic (exact) mass is 312 g/mol. The second-order valence-electron chi connectivity index (χ2n) is 6.90. The fourth-order valence-electron chi connectivity index (χ4n) is 2.98. The maximum atomic E-state index is 6.13. The molecule has 23 heavy (non-hydrogen) atoms. The third-order valence-electron chi connectivity index (χ3n) is 4.25. The van der Waals surface area contributed by atoms with Crippen molar-refractivity contribution in [3.63, 3.8) is 0 Å². The summed E-state index contributed by atoms with van der Waals surface area (Å²) >= 11 is 0. The van der Waals surface area contributed by atoms with Crippen LogP contribution in [-0.4, -0.2) is 27.7 Å². The predicted octanol–water partition coefficient (Wildman–Crippen LogP) is 3.79. The van der Waals surface area contributed by atoms with Crippen molar-refractivity contribution < 1.29 is 4.74 Å². The smallest absolute Gasteiger partial charge is 0.152 e. The maximum absolute atomic E-state index is 6.13. The van der Waals surface area contributed by atoms with Gasteiger partial charge in [0.1, 0.15) is 5.52 Å². The van der Waals surface area contributed by atoms with Crippen LogP contribution in [0.5, 0.6) is 0 Å². The van der Waals surface area contributed by atoms with E-state index in [0.717, 1.165) is 21.9 Å². The Hall–Kier alpha value is -2.14. The molecule has 5 nitrogen and oxygen atoms in total. The van der Waals surface area contributed by atoms with Crippen LogP contribution in [0.2, 0.25) is 0 Å². The first kappa shape index (κ1) is 15.7. The lowest BCUT2D eigenvalue weighted by molar-refractivity contribution is 0.0702. The van der Waals surface area contributed by atoms with Gasteiger partial charge in [-0.25, -0.2) is 9.97 Å².